The highest BCUT2D eigenvalue weighted by Gasteiger charge is 2.34. The van der Waals surface area contributed by atoms with Crippen LogP contribution in [0, 0.1) is 16.7 Å². The average molecular weight is 362 g/mol. The van der Waals surface area contributed by atoms with Gasteiger partial charge >= 0.3 is 0 Å². The summed E-state index contributed by atoms with van der Waals surface area (Å²) in [5, 5.41) is 3.16. The minimum atomic E-state index is -0.0322. The van der Waals surface area contributed by atoms with Crippen LogP contribution < -0.4 is 9.88 Å². The van der Waals surface area contributed by atoms with Crippen molar-refractivity contribution >= 4 is 5.91 Å². The number of pyridine rings is 1. The molecule has 0 radical (unpaired) electrons. The van der Waals surface area contributed by atoms with Crippen LogP contribution in [0.15, 0.2) is 24.5 Å². The second-order valence-corrected chi connectivity index (χ2v) is 9.91. The Labute approximate surface area is 161 Å². The van der Waals surface area contributed by atoms with E-state index >= 15 is 0 Å². The third-order valence-electron chi connectivity index (χ3n) is 4.88. The van der Waals surface area contributed by atoms with Gasteiger partial charge in [-0.3, -0.25) is 4.79 Å². The van der Waals surface area contributed by atoms with Crippen LogP contribution in [0.2, 0.25) is 0 Å². The number of aromatic nitrogens is 1. The van der Waals surface area contributed by atoms with Crippen molar-refractivity contribution in [1.29, 1.82) is 0 Å². The molecule has 148 valence electrons. The van der Waals surface area contributed by atoms with E-state index in [0.717, 1.165) is 18.5 Å². The fourth-order valence-corrected chi connectivity index (χ4v) is 3.19. The molecule has 1 unspecified atom stereocenters. The second kappa shape index (κ2) is 10.1. The summed E-state index contributed by atoms with van der Waals surface area (Å²) in [5.41, 5.74) is 1.27. The van der Waals surface area contributed by atoms with Crippen molar-refractivity contribution in [3.05, 3.63) is 30.1 Å². The Morgan fingerprint density at radius 3 is 2.15 bits per heavy atom. The van der Waals surface area contributed by atoms with Gasteiger partial charge in [0.15, 0.2) is 12.4 Å². The second-order valence-electron chi connectivity index (χ2n) is 9.91. The molecule has 0 aliphatic carbocycles. The van der Waals surface area contributed by atoms with Gasteiger partial charge in [-0.15, -0.1) is 0 Å². The van der Waals surface area contributed by atoms with E-state index in [1.165, 1.54) is 25.7 Å². The van der Waals surface area contributed by atoms with Crippen LogP contribution in [0.4, 0.5) is 0 Å². The molecule has 1 rings (SSSR count). The zero-order valence-corrected chi connectivity index (χ0v) is 18.2. The molecule has 26 heavy (non-hydrogen) atoms. The lowest BCUT2D eigenvalue weighted by molar-refractivity contribution is -0.697. The number of unbranched alkanes of at least 4 members (excludes halogenated alkanes) is 3. The number of nitrogens with zero attached hydrogens (tertiary/aromatic N) is 1. The molecule has 1 atom stereocenters. The van der Waals surface area contributed by atoms with Gasteiger partial charge in [0.1, 0.15) is 6.54 Å². The minimum absolute atomic E-state index is 0.0229. The molecule has 3 nitrogen and oxygen atoms in total. The minimum Gasteiger partial charge on any atom is -0.352 e. The van der Waals surface area contributed by atoms with Gasteiger partial charge in [0.2, 0.25) is 5.91 Å². The van der Waals surface area contributed by atoms with Crippen molar-refractivity contribution in [2.24, 2.45) is 16.7 Å². The molecule has 0 saturated carbocycles. The topological polar surface area (TPSA) is 33.0 Å². The van der Waals surface area contributed by atoms with Gasteiger partial charge in [-0.2, -0.15) is 0 Å². The molecule has 1 aromatic rings. The quantitative estimate of drug-likeness (QED) is 0.472. The summed E-state index contributed by atoms with van der Waals surface area (Å²) in [7, 11) is 0. The molecule has 0 fully saturated rings. The molecule has 1 heterocycles. The van der Waals surface area contributed by atoms with E-state index < -0.39 is 0 Å². The van der Waals surface area contributed by atoms with Gasteiger partial charge in [0, 0.05) is 31.0 Å². The first-order valence-electron chi connectivity index (χ1n) is 10.3. The van der Waals surface area contributed by atoms with Crippen LogP contribution in [0.5, 0.6) is 0 Å². The molecule has 0 aromatic carbocycles. The normalized spacial score (nSPS) is 13.5. The summed E-state index contributed by atoms with van der Waals surface area (Å²) < 4.78 is 2.23. The Hall–Kier alpha value is -1.38. The van der Waals surface area contributed by atoms with Crippen molar-refractivity contribution in [2.75, 3.05) is 0 Å². The number of rotatable bonds is 9. The maximum Gasteiger partial charge on any atom is 0.223 e. The largest absolute Gasteiger partial charge is 0.352 e. The fourth-order valence-electron chi connectivity index (χ4n) is 3.19. The van der Waals surface area contributed by atoms with Crippen LogP contribution in [-0.4, -0.2) is 5.91 Å². The first kappa shape index (κ1) is 22.7. The van der Waals surface area contributed by atoms with Crippen molar-refractivity contribution in [1.82, 2.24) is 5.32 Å². The smallest absolute Gasteiger partial charge is 0.223 e. The van der Waals surface area contributed by atoms with Crippen molar-refractivity contribution in [3.8, 4) is 0 Å². The molecule has 0 aliphatic heterocycles. The fraction of sp³-hybridized carbons (Fsp3) is 0.739. The lowest BCUT2D eigenvalue weighted by Crippen LogP contribution is -2.40. The van der Waals surface area contributed by atoms with Gasteiger partial charge in [-0.25, -0.2) is 4.57 Å². The van der Waals surface area contributed by atoms with E-state index in [1.54, 1.807) is 0 Å². The number of nitrogens with one attached hydrogen (secondary N) is 1. The highest BCUT2D eigenvalue weighted by molar-refractivity contribution is 5.79. The van der Waals surface area contributed by atoms with Gasteiger partial charge in [-0.05, 0) is 29.2 Å². The van der Waals surface area contributed by atoms with Crippen LogP contribution in [-0.2, 0) is 17.9 Å². The molecule has 0 saturated heterocycles. The zero-order valence-electron chi connectivity index (χ0n) is 18.2. The summed E-state index contributed by atoms with van der Waals surface area (Å²) >= 11 is 0. The summed E-state index contributed by atoms with van der Waals surface area (Å²) in [6.45, 7) is 17.0. The maximum atomic E-state index is 12.8. The molecule has 1 aromatic heterocycles. The van der Waals surface area contributed by atoms with Crippen LogP contribution in [0.25, 0.3) is 0 Å². The Morgan fingerprint density at radius 1 is 1.04 bits per heavy atom. The lowest BCUT2D eigenvalue weighted by Gasteiger charge is -2.34. The molecule has 3 heteroatoms. The monoisotopic (exact) mass is 361 g/mol. The molecule has 1 N–H and O–H groups in total. The first-order chi connectivity index (χ1) is 12.0. The molecule has 1 amide bonds. The van der Waals surface area contributed by atoms with E-state index in [4.69, 9.17) is 0 Å². The van der Waals surface area contributed by atoms with E-state index in [0.29, 0.717) is 6.54 Å². The van der Waals surface area contributed by atoms with Crippen molar-refractivity contribution in [2.45, 2.75) is 93.7 Å². The number of amides is 1. The third-order valence-corrected chi connectivity index (χ3v) is 4.88. The maximum absolute atomic E-state index is 12.8. The van der Waals surface area contributed by atoms with Gasteiger partial charge in [0.05, 0.1) is 0 Å². The predicted molar refractivity (Wildman–Crippen MR) is 110 cm³/mol. The number of aryl methyl sites for hydroxylation is 1. The Kier molecular flexibility index (Phi) is 8.79. The van der Waals surface area contributed by atoms with Crippen molar-refractivity contribution < 1.29 is 9.36 Å². The highest BCUT2D eigenvalue weighted by atomic mass is 16.1. The predicted octanol–water partition coefficient (Wildman–Crippen LogP) is 5.27. The van der Waals surface area contributed by atoms with Crippen LogP contribution in [0.3, 0.4) is 0 Å². The Bertz CT molecular complexity index is 535. The first-order valence-corrected chi connectivity index (χ1v) is 10.3. The van der Waals surface area contributed by atoms with Crippen LogP contribution >= 0.6 is 0 Å². The Morgan fingerprint density at radius 2 is 1.65 bits per heavy atom. The number of hydrogen-bond donors (Lipinski definition) is 1. The molecular weight excluding hydrogens is 320 g/mol. The SMILES string of the molecule is CCCCCC[n+]1ccc(CNC(=O)C(CC(C)(C)C)C(C)(C)C)cc1. The summed E-state index contributed by atoms with van der Waals surface area (Å²) in [5.74, 6) is 0.193. The van der Waals surface area contributed by atoms with Gasteiger partial charge < -0.3 is 5.32 Å². The molecule has 0 spiro atoms. The number of hydrogen-bond acceptors (Lipinski definition) is 1. The lowest BCUT2D eigenvalue weighted by atomic mass is 9.71. The zero-order chi connectivity index (χ0) is 19.8. The standard InChI is InChI=1S/C23H40N2O/c1-8-9-10-11-14-25-15-12-19(13-16-25)18-24-21(26)20(23(5,6)7)17-22(2,3)4/h12-13,15-16,20H,8-11,14,17-18H2,1-7H3/p+1. The molecule has 0 aliphatic rings. The van der Waals surface area contributed by atoms with E-state index in [1.807, 2.05) is 0 Å². The van der Waals surface area contributed by atoms with E-state index in [-0.39, 0.29) is 22.7 Å². The van der Waals surface area contributed by atoms with E-state index in [9.17, 15) is 4.79 Å². The third kappa shape index (κ3) is 8.82. The number of carbonyl (C=O) groups is 1. The highest BCUT2D eigenvalue weighted by Crippen LogP contribution is 2.36. The molecule has 0 bridgehead atoms. The number of carbonyl (C=O) groups excluding carboxylic acids is 1. The Balaban J connectivity index is 2.56. The average Bonchev–Trinajstić information content (AvgIpc) is 2.54. The summed E-state index contributed by atoms with van der Waals surface area (Å²) in [6, 6.07) is 4.24. The van der Waals surface area contributed by atoms with E-state index in [2.05, 4.69) is 82.9 Å². The summed E-state index contributed by atoms with van der Waals surface area (Å²) in [6.07, 6.45) is 10.3. The van der Waals surface area contributed by atoms with Gasteiger partial charge in [0.25, 0.3) is 0 Å². The summed E-state index contributed by atoms with van der Waals surface area (Å²) in [4.78, 5) is 12.8. The van der Waals surface area contributed by atoms with Gasteiger partial charge in [-0.1, -0.05) is 61.3 Å². The molecular formula is C23H41N2O+. The van der Waals surface area contributed by atoms with Crippen LogP contribution in [0.1, 0.15) is 86.1 Å². The van der Waals surface area contributed by atoms with Crippen molar-refractivity contribution in [3.63, 3.8) is 0 Å².